The van der Waals surface area contributed by atoms with E-state index in [1.807, 2.05) is 6.20 Å². The number of thioether (sulfide) groups is 1. The van der Waals surface area contributed by atoms with E-state index >= 15 is 0 Å². The number of aromatic nitrogens is 1. The van der Waals surface area contributed by atoms with Gasteiger partial charge in [-0.25, -0.2) is 0 Å². The zero-order valence-electron chi connectivity index (χ0n) is 11.4. The van der Waals surface area contributed by atoms with Crippen LogP contribution >= 0.6 is 11.8 Å². The van der Waals surface area contributed by atoms with Crippen LogP contribution in [0.2, 0.25) is 0 Å². The zero-order valence-corrected chi connectivity index (χ0v) is 12.2. The second kappa shape index (κ2) is 5.43. The summed E-state index contributed by atoms with van der Waals surface area (Å²) in [4.78, 5) is 4.64. The van der Waals surface area contributed by atoms with Gasteiger partial charge in [0.15, 0.2) is 0 Å². The van der Waals surface area contributed by atoms with Crippen LogP contribution < -0.4 is 0 Å². The summed E-state index contributed by atoms with van der Waals surface area (Å²) < 4.78 is 0. The number of rotatable bonds is 2. The van der Waals surface area contributed by atoms with Gasteiger partial charge in [-0.3, -0.25) is 4.98 Å². The number of aryl methyl sites for hydroxylation is 1. The van der Waals surface area contributed by atoms with Gasteiger partial charge in [0, 0.05) is 17.6 Å². The van der Waals surface area contributed by atoms with E-state index in [1.165, 1.54) is 22.8 Å². The summed E-state index contributed by atoms with van der Waals surface area (Å²) >= 11 is 2.09. The van der Waals surface area contributed by atoms with Gasteiger partial charge in [-0.1, -0.05) is 27.7 Å². The molecule has 0 radical (unpaired) electrons. The van der Waals surface area contributed by atoms with E-state index in [1.54, 1.807) is 5.56 Å². The summed E-state index contributed by atoms with van der Waals surface area (Å²) in [6.07, 6.45) is 3.14. The van der Waals surface area contributed by atoms with Gasteiger partial charge in [0.1, 0.15) is 0 Å². The van der Waals surface area contributed by atoms with Crippen molar-refractivity contribution in [3.63, 3.8) is 0 Å². The van der Waals surface area contributed by atoms with Crippen LogP contribution in [-0.4, -0.2) is 16.5 Å². The third kappa shape index (κ3) is 2.67. The number of hydrogen-bond donors (Lipinski definition) is 0. The van der Waals surface area contributed by atoms with Gasteiger partial charge >= 0.3 is 0 Å². The molecule has 0 spiro atoms. The van der Waals surface area contributed by atoms with Gasteiger partial charge in [0.05, 0.1) is 0 Å². The maximum Gasteiger partial charge on any atom is 0.0449 e. The lowest BCUT2D eigenvalue weighted by Gasteiger charge is -2.25. The van der Waals surface area contributed by atoms with Gasteiger partial charge in [0.25, 0.3) is 0 Å². The van der Waals surface area contributed by atoms with Gasteiger partial charge in [-0.15, -0.1) is 0 Å². The van der Waals surface area contributed by atoms with E-state index in [0.717, 1.165) is 6.42 Å². The highest BCUT2D eigenvalue weighted by Gasteiger charge is 2.26. The Kier molecular flexibility index (Phi) is 4.13. The molecule has 17 heavy (non-hydrogen) atoms. The highest BCUT2D eigenvalue weighted by Crippen LogP contribution is 2.37. The minimum atomic E-state index is 0.607. The smallest absolute Gasteiger partial charge is 0.0449 e. The Hall–Kier alpha value is -0.500. The summed E-state index contributed by atoms with van der Waals surface area (Å²) in [5.41, 5.74) is 4.46. The van der Waals surface area contributed by atoms with Crippen molar-refractivity contribution in [2.75, 3.05) is 11.5 Å². The van der Waals surface area contributed by atoms with Crippen molar-refractivity contribution >= 4 is 11.8 Å². The molecule has 0 saturated heterocycles. The van der Waals surface area contributed by atoms with E-state index in [4.69, 9.17) is 0 Å². The lowest BCUT2D eigenvalue weighted by atomic mass is 9.82. The standard InChI is InChI=1S/C15H23NS/c1-10(2)12-5-7-16-14-6-8-17-9-13(11(3)4)15(12)14/h5,7,10-11,13H,6,8-9H2,1-4H3. The van der Waals surface area contributed by atoms with Crippen LogP contribution in [0.1, 0.15) is 56.4 Å². The van der Waals surface area contributed by atoms with Gasteiger partial charge < -0.3 is 0 Å². The molecule has 94 valence electrons. The van der Waals surface area contributed by atoms with Crippen LogP contribution in [0, 0.1) is 5.92 Å². The number of fused-ring (bicyclic) bond motifs is 1. The van der Waals surface area contributed by atoms with Crippen LogP contribution in [-0.2, 0) is 6.42 Å². The maximum absolute atomic E-state index is 4.64. The monoisotopic (exact) mass is 249 g/mol. The van der Waals surface area contributed by atoms with Crippen LogP contribution in [0.3, 0.4) is 0 Å². The first-order valence-electron chi connectivity index (χ1n) is 6.66. The van der Waals surface area contributed by atoms with Gasteiger partial charge in [0.2, 0.25) is 0 Å². The van der Waals surface area contributed by atoms with Crippen molar-refractivity contribution in [1.29, 1.82) is 0 Å². The van der Waals surface area contributed by atoms with E-state index < -0.39 is 0 Å². The molecular weight excluding hydrogens is 226 g/mol. The molecule has 1 aromatic rings. The molecule has 1 aromatic heterocycles. The average molecular weight is 249 g/mol. The van der Waals surface area contributed by atoms with Crippen LogP contribution in [0.25, 0.3) is 0 Å². The quantitative estimate of drug-likeness (QED) is 0.778. The predicted molar refractivity (Wildman–Crippen MR) is 76.9 cm³/mol. The van der Waals surface area contributed by atoms with Crippen molar-refractivity contribution in [2.24, 2.45) is 5.92 Å². The molecule has 0 aromatic carbocycles. The first-order chi connectivity index (χ1) is 8.11. The zero-order chi connectivity index (χ0) is 12.4. The molecule has 0 aliphatic carbocycles. The maximum atomic E-state index is 4.64. The number of pyridine rings is 1. The SMILES string of the molecule is CC(C)c1ccnc2c1C(C(C)C)CSCC2. The summed E-state index contributed by atoms with van der Waals surface area (Å²) in [7, 11) is 0. The van der Waals surface area contributed by atoms with Crippen molar-refractivity contribution in [3.05, 3.63) is 29.1 Å². The van der Waals surface area contributed by atoms with Crippen molar-refractivity contribution in [2.45, 2.75) is 46.0 Å². The minimum absolute atomic E-state index is 0.607. The molecule has 2 heterocycles. The van der Waals surface area contributed by atoms with Gasteiger partial charge in [-0.05, 0) is 47.1 Å². The van der Waals surface area contributed by atoms with Crippen LogP contribution in [0.15, 0.2) is 12.3 Å². The Morgan fingerprint density at radius 2 is 2.06 bits per heavy atom. The summed E-state index contributed by atoms with van der Waals surface area (Å²) in [5, 5.41) is 0. The summed E-state index contributed by atoms with van der Waals surface area (Å²) in [5.74, 6) is 4.49. The molecule has 1 aliphatic heterocycles. The number of hydrogen-bond acceptors (Lipinski definition) is 2. The van der Waals surface area contributed by atoms with Crippen molar-refractivity contribution in [1.82, 2.24) is 4.98 Å². The lowest BCUT2D eigenvalue weighted by Crippen LogP contribution is -2.14. The Balaban J connectivity index is 2.52. The highest BCUT2D eigenvalue weighted by atomic mass is 32.2. The van der Waals surface area contributed by atoms with Crippen LogP contribution in [0.4, 0.5) is 0 Å². The molecule has 2 heteroatoms. The Morgan fingerprint density at radius 1 is 1.29 bits per heavy atom. The van der Waals surface area contributed by atoms with Crippen molar-refractivity contribution in [3.8, 4) is 0 Å². The lowest BCUT2D eigenvalue weighted by molar-refractivity contribution is 0.532. The third-order valence-electron chi connectivity index (χ3n) is 3.68. The fraction of sp³-hybridized carbons (Fsp3) is 0.667. The molecule has 1 nitrogen and oxygen atoms in total. The first-order valence-corrected chi connectivity index (χ1v) is 7.82. The van der Waals surface area contributed by atoms with Gasteiger partial charge in [-0.2, -0.15) is 11.8 Å². The molecule has 1 unspecified atom stereocenters. The largest absolute Gasteiger partial charge is 0.261 e. The van der Waals surface area contributed by atoms with E-state index in [2.05, 4.69) is 50.5 Å². The fourth-order valence-corrected chi connectivity index (χ4v) is 3.96. The average Bonchev–Trinajstić information content (AvgIpc) is 2.50. The Labute approximate surface area is 109 Å². The predicted octanol–water partition coefficient (Wildman–Crippen LogP) is 4.23. The molecule has 1 atom stereocenters. The molecule has 0 N–H and O–H groups in total. The van der Waals surface area contributed by atoms with Crippen molar-refractivity contribution < 1.29 is 0 Å². The first kappa shape index (κ1) is 12.9. The molecule has 0 amide bonds. The Bertz CT molecular complexity index is 385. The second-order valence-electron chi connectivity index (χ2n) is 5.59. The van der Waals surface area contributed by atoms with E-state index in [9.17, 15) is 0 Å². The molecule has 0 fully saturated rings. The van der Waals surface area contributed by atoms with Crippen LogP contribution in [0.5, 0.6) is 0 Å². The third-order valence-corrected chi connectivity index (χ3v) is 4.77. The Morgan fingerprint density at radius 3 is 2.71 bits per heavy atom. The molecular formula is C15H23NS. The molecule has 1 aliphatic rings. The van der Waals surface area contributed by atoms with E-state index in [-0.39, 0.29) is 0 Å². The normalized spacial score (nSPS) is 20.5. The summed E-state index contributed by atoms with van der Waals surface area (Å²) in [6, 6.07) is 2.23. The second-order valence-corrected chi connectivity index (χ2v) is 6.74. The molecule has 0 saturated carbocycles. The topological polar surface area (TPSA) is 12.9 Å². The number of nitrogens with zero attached hydrogens (tertiary/aromatic N) is 1. The minimum Gasteiger partial charge on any atom is -0.261 e. The molecule has 0 bridgehead atoms. The fourth-order valence-electron chi connectivity index (χ4n) is 2.65. The molecule has 2 rings (SSSR count). The van der Waals surface area contributed by atoms with E-state index in [0.29, 0.717) is 17.8 Å². The summed E-state index contributed by atoms with van der Waals surface area (Å²) in [6.45, 7) is 9.28. The highest BCUT2D eigenvalue weighted by molar-refractivity contribution is 7.99.